The zero-order valence-electron chi connectivity index (χ0n) is 9.46. The lowest BCUT2D eigenvalue weighted by atomic mass is 9.28. The van der Waals surface area contributed by atoms with E-state index in [-0.39, 0.29) is 0 Å². The maximum atomic E-state index is 2.42. The lowest BCUT2D eigenvalue weighted by molar-refractivity contribution is 0.238. The highest BCUT2D eigenvalue weighted by molar-refractivity contribution is 6.60. The summed E-state index contributed by atoms with van der Waals surface area (Å²) in [5.41, 5.74) is 0. The molecule has 4 unspecified atom stereocenters. The van der Waals surface area contributed by atoms with Crippen molar-refractivity contribution >= 4 is 6.71 Å². The van der Waals surface area contributed by atoms with Gasteiger partial charge in [0, 0.05) is 0 Å². The molecule has 1 saturated heterocycles. The van der Waals surface area contributed by atoms with Crippen molar-refractivity contribution in [1.82, 2.24) is 0 Å². The van der Waals surface area contributed by atoms with E-state index < -0.39 is 0 Å². The normalized spacial score (nSPS) is 51.0. The first-order chi connectivity index (χ1) is 5.46. The second-order valence-corrected chi connectivity index (χ2v) is 5.15. The van der Waals surface area contributed by atoms with Crippen molar-refractivity contribution in [3.8, 4) is 0 Å². The van der Waals surface area contributed by atoms with Gasteiger partial charge in [0.1, 0.15) is 0 Å². The fraction of sp³-hybridized carbons (Fsp3) is 1.00. The molecule has 1 heteroatoms. The Morgan fingerprint density at radius 3 is 1.33 bits per heavy atom. The Kier molecular flexibility index (Phi) is 2.90. The summed E-state index contributed by atoms with van der Waals surface area (Å²) in [6.45, 7) is 15.5. The Balaban J connectivity index is 2.76. The third-order valence-electron chi connectivity index (χ3n) is 4.98. The van der Waals surface area contributed by atoms with Gasteiger partial charge < -0.3 is 0 Å². The van der Waals surface area contributed by atoms with Crippen LogP contribution in [-0.2, 0) is 0 Å². The van der Waals surface area contributed by atoms with Crippen molar-refractivity contribution in [2.45, 2.75) is 53.1 Å². The number of hydrogen-bond acceptors (Lipinski definition) is 0. The SMILES string of the molecule is C[B-]1C(C)C(C)C(C)C(C)C1C. The summed E-state index contributed by atoms with van der Waals surface area (Å²) in [7, 11) is 0. The van der Waals surface area contributed by atoms with Gasteiger partial charge in [-0.1, -0.05) is 46.5 Å². The topological polar surface area (TPSA) is 0 Å². The monoisotopic (exact) mass is 166 g/mol. The molecule has 0 nitrogen and oxygen atoms in total. The van der Waals surface area contributed by atoms with E-state index in [1.807, 2.05) is 0 Å². The van der Waals surface area contributed by atoms with Crippen molar-refractivity contribution < 1.29 is 0 Å². The minimum absolute atomic E-state index is 0.909. The highest BCUT2D eigenvalue weighted by Crippen LogP contribution is 2.46. The zero-order valence-corrected chi connectivity index (χ0v) is 9.46. The molecule has 1 fully saturated rings. The molecule has 0 N–H and O–H groups in total. The second-order valence-electron chi connectivity index (χ2n) is 5.15. The van der Waals surface area contributed by atoms with Gasteiger partial charge in [-0.3, -0.25) is 0 Å². The zero-order chi connectivity index (χ0) is 9.46. The van der Waals surface area contributed by atoms with Gasteiger partial charge in [0.2, 0.25) is 0 Å². The van der Waals surface area contributed by atoms with E-state index in [0.29, 0.717) is 0 Å². The van der Waals surface area contributed by atoms with E-state index in [1.165, 1.54) is 0 Å². The predicted molar refractivity (Wildman–Crippen MR) is 58.0 cm³/mol. The van der Waals surface area contributed by atoms with Crippen LogP contribution in [0.15, 0.2) is 0 Å². The van der Waals surface area contributed by atoms with Crippen LogP contribution in [0.2, 0.25) is 18.5 Å². The number of rotatable bonds is 0. The quantitative estimate of drug-likeness (QED) is 0.480. The van der Waals surface area contributed by atoms with Crippen LogP contribution in [0.25, 0.3) is 0 Å². The Labute approximate surface area is 78.2 Å². The van der Waals surface area contributed by atoms with Gasteiger partial charge in [0.25, 0.3) is 0 Å². The van der Waals surface area contributed by atoms with E-state index in [9.17, 15) is 0 Å². The van der Waals surface area contributed by atoms with Gasteiger partial charge in [0.05, 0.1) is 0 Å². The summed E-state index contributed by atoms with van der Waals surface area (Å²) >= 11 is 0. The Hall–Kier alpha value is 0.0649. The molecule has 4 atom stereocenters. The van der Waals surface area contributed by atoms with Gasteiger partial charge in [-0.25, -0.2) is 6.82 Å². The summed E-state index contributed by atoms with van der Waals surface area (Å²) in [5.74, 6) is 4.54. The first kappa shape index (κ1) is 10.1. The molecule has 12 heavy (non-hydrogen) atoms. The van der Waals surface area contributed by atoms with Gasteiger partial charge in [-0.15, -0.1) is 6.71 Å². The van der Waals surface area contributed by atoms with Gasteiger partial charge >= 0.3 is 0 Å². The fourth-order valence-electron chi connectivity index (χ4n) is 2.87. The largest absolute Gasteiger partial charge is 0.219 e. The molecule has 71 valence electrons. The maximum Gasteiger partial charge on any atom is -0.0449 e. The maximum absolute atomic E-state index is 2.42. The molecule has 1 heterocycles. The molecule has 0 aromatic carbocycles. The molecule has 0 aromatic rings. The molecule has 1 rings (SSSR count). The molecule has 0 aromatic heterocycles. The standard InChI is InChI=1S/C11H23B/c1-7-8(2)10(4)12(6)11(5)9(7)3/h7-11H,1-6H3/q-1. The van der Waals surface area contributed by atoms with Crippen molar-refractivity contribution in [2.75, 3.05) is 0 Å². The molecule has 1 aliphatic rings. The Morgan fingerprint density at radius 1 is 0.667 bits per heavy atom. The van der Waals surface area contributed by atoms with Crippen LogP contribution in [-0.4, -0.2) is 6.71 Å². The Bertz CT molecular complexity index is 96.6. The highest BCUT2D eigenvalue weighted by atomic mass is 14.3. The average Bonchev–Trinajstić information content (AvgIpc) is 2.08. The lowest BCUT2D eigenvalue weighted by Gasteiger charge is -2.53. The van der Waals surface area contributed by atoms with Crippen LogP contribution in [0.3, 0.4) is 0 Å². The van der Waals surface area contributed by atoms with Crippen molar-refractivity contribution in [3.05, 3.63) is 0 Å². The summed E-state index contributed by atoms with van der Waals surface area (Å²) in [6.07, 6.45) is 0. The summed E-state index contributed by atoms with van der Waals surface area (Å²) < 4.78 is 0. The van der Waals surface area contributed by atoms with E-state index in [0.717, 1.165) is 36.1 Å². The van der Waals surface area contributed by atoms with E-state index in [4.69, 9.17) is 0 Å². The minimum atomic E-state index is 0.909. The molecule has 0 spiro atoms. The number of hydrogen-bond donors (Lipinski definition) is 0. The molecule has 1 aliphatic heterocycles. The van der Waals surface area contributed by atoms with Crippen LogP contribution < -0.4 is 0 Å². The van der Waals surface area contributed by atoms with Crippen LogP contribution >= 0.6 is 0 Å². The highest BCUT2D eigenvalue weighted by Gasteiger charge is 2.31. The van der Waals surface area contributed by atoms with Gasteiger partial charge in [0.15, 0.2) is 0 Å². The van der Waals surface area contributed by atoms with Gasteiger partial charge in [-0.05, 0) is 5.92 Å². The fourth-order valence-corrected chi connectivity index (χ4v) is 2.87. The van der Waals surface area contributed by atoms with E-state index in [2.05, 4.69) is 41.4 Å². The molecule has 0 saturated carbocycles. The molecule has 0 aliphatic carbocycles. The Morgan fingerprint density at radius 2 is 1.00 bits per heavy atom. The van der Waals surface area contributed by atoms with Crippen molar-refractivity contribution in [1.29, 1.82) is 0 Å². The first-order valence-corrected chi connectivity index (χ1v) is 5.46. The predicted octanol–water partition coefficient (Wildman–Crippen LogP) is 3.81. The van der Waals surface area contributed by atoms with Crippen LogP contribution in [0.4, 0.5) is 0 Å². The summed E-state index contributed by atoms with van der Waals surface area (Å²) in [6, 6.07) is 0. The third-order valence-corrected chi connectivity index (χ3v) is 4.98. The molecule has 1 radical (unpaired) electrons. The minimum Gasteiger partial charge on any atom is -0.219 e. The molecule has 0 bridgehead atoms. The van der Waals surface area contributed by atoms with Crippen LogP contribution in [0, 0.1) is 17.8 Å². The van der Waals surface area contributed by atoms with Crippen LogP contribution in [0.5, 0.6) is 0 Å². The van der Waals surface area contributed by atoms with Crippen molar-refractivity contribution in [3.63, 3.8) is 0 Å². The smallest absolute Gasteiger partial charge is 0.0449 e. The first-order valence-electron chi connectivity index (χ1n) is 5.46. The molecular formula is C11H23B-. The summed E-state index contributed by atoms with van der Waals surface area (Å²) in [5, 5.41) is 0. The third kappa shape index (κ3) is 1.43. The molecular weight excluding hydrogens is 143 g/mol. The average molecular weight is 166 g/mol. The van der Waals surface area contributed by atoms with E-state index in [1.54, 1.807) is 0 Å². The van der Waals surface area contributed by atoms with E-state index >= 15 is 0 Å². The van der Waals surface area contributed by atoms with Gasteiger partial charge in [-0.2, -0.15) is 11.6 Å². The summed E-state index contributed by atoms with van der Waals surface area (Å²) in [4.78, 5) is 0. The van der Waals surface area contributed by atoms with Crippen molar-refractivity contribution in [2.24, 2.45) is 17.8 Å². The second kappa shape index (κ2) is 3.43. The lowest BCUT2D eigenvalue weighted by Crippen LogP contribution is -2.40. The molecule has 0 amide bonds. The van der Waals surface area contributed by atoms with Crippen LogP contribution in [0.1, 0.15) is 34.6 Å².